The van der Waals surface area contributed by atoms with Gasteiger partial charge >= 0.3 is 0 Å². The molecule has 0 unspecified atom stereocenters. The molecule has 0 amide bonds. The minimum Gasteiger partial charge on any atom is -0.140 e. The van der Waals surface area contributed by atoms with E-state index in [2.05, 4.69) is 110 Å². The Bertz CT molecular complexity index is 826. The molecule has 0 atom stereocenters. The van der Waals surface area contributed by atoms with E-state index >= 15 is 0 Å². The number of hydrogen-bond donors (Lipinski definition) is 0. The van der Waals surface area contributed by atoms with Crippen LogP contribution in [0.4, 0.5) is 0 Å². The van der Waals surface area contributed by atoms with Gasteiger partial charge in [0.2, 0.25) is 0 Å². The monoisotopic (exact) mass is 368 g/mol. The van der Waals surface area contributed by atoms with Crippen molar-refractivity contribution < 1.29 is 0 Å². The molecular formula is C26H24S. The van der Waals surface area contributed by atoms with Crippen LogP contribution in [0.25, 0.3) is 0 Å². The predicted molar refractivity (Wildman–Crippen MR) is 117 cm³/mol. The van der Waals surface area contributed by atoms with E-state index < -0.39 is 0 Å². The number of rotatable bonds is 6. The van der Waals surface area contributed by atoms with E-state index in [1.807, 2.05) is 11.8 Å². The molecule has 134 valence electrons. The first-order valence-corrected chi connectivity index (χ1v) is 10.5. The van der Waals surface area contributed by atoms with Gasteiger partial charge in [-0.2, -0.15) is 0 Å². The van der Waals surface area contributed by atoms with Crippen molar-refractivity contribution in [3.63, 3.8) is 0 Å². The molecule has 0 N–H and O–H groups in total. The number of hydrogen-bond acceptors (Lipinski definition) is 1. The zero-order chi connectivity index (χ0) is 18.6. The third kappa shape index (κ3) is 3.55. The maximum atomic E-state index is 3.31. The minimum absolute atomic E-state index is 0.227. The highest BCUT2D eigenvalue weighted by Crippen LogP contribution is 2.51. The van der Waals surface area contributed by atoms with Gasteiger partial charge in [0.05, 0.1) is 4.75 Å². The standard InChI is InChI=1S/C26H24S/c1-25(19-11-12-20-25)21-27-26(22-13-5-2-6-14-22,23-15-7-3-8-16-23)24-17-9-4-10-18-24/h2-10,13-18H,19-21H2,1H3. The second-order valence-electron chi connectivity index (χ2n) is 7.59. The molecule has 0 radical (unpaired) electrons. The molecule has 1 aliphatic rings. The summed E-state index contributed by atoms with van der Waals surface area (Å²) in [7, 11) is 0. The molecular weight excluding hydrogens is 344 g/mol. The van der Waals surface area contributed by atoms with Gasteiger partial charge in [-0.05, 0) is 22.1 Å². The first-order chi connectivity index (χ1) is 13.2. The van der Waals surface area contributed by atoms with Crippen LogP contribution in [0.1, 0.15) is 36.5 Å². The van der Waals surface area contributed by atoms with Gasteiger partial charge in [0.1, 0.15) is 0 Å². The Morgan fingerprint density at radius 1 is 0.704 bits per heavy atom. The van der Waals surface area contributed by atoms with Gasteiger partial charge in [0.15, 0.2) is 0 Å². The molecule has 0 saturated heterocycles. The zero-order valence-electron chi connectivity index (χ0n) is 15.7. The molecule has 27 heavy (non-hydrogen) atoms. The van der Waals surface area contributed by atoms with Crippen LogP contribution < -0.4 is 0 Å². The lowest BCUT2D eigenvalue weighted by atomic mass is 9.84. The summed E-state index contributed by atoms with van der Waals surface area (Å²) in [5, 5.41) is 0. The fraction of sp³-hybridized carbons (Fsp3) is 0.231. The fourth-order valence-electron chi connectivity index (χ4n) is 3.77. The lowest BCUT2D eigenvalue weighted by Gasteiger charge is -2.38. The van der Waals surface area contributed by atoms with Crippen LogP contribution in [0.2, 0.25) is 0 Å². The van der Waals surface area contributed by atoms with Crippen molar-refractivity contribution >= 4 is 11.8 Å². The van der Waals surface area contributed by atoms with Crippen molar-refractivity contribution in [1.82, 2.24) is 0 Å². The van der Waals surface area contributed by atoms with Crippen molar-refractivity contribution in [2.75, 3.05) is 5.75 Å². The molecule has 3 aromatic carbocycles. The Kier molecular flexibility index (Phi) is 5.10. The van der Waals surface area contributed by atoms with E-state index in [9.17, 15) is 0 Å². The quantitative estimate of drug-likeness (QED) is 0.353. The van der Waals surface area contributed by atoms with Gasteiger partial charge in [-0.1, -0.05) is 97.9 Å². The molecule has 4 rings (SSSR count). The van der Waals surface area contributed by atoms with Crippen LogP contribution in [0.5, 0.6) is 0 Å². The number of benzene rings is 3. The first-order valence-electron chi connectivity index (χ1n) is 9.49. The highest BCUT2D eigenvalue weighted by molar-refractivity contribution is 8.00. The van der Waals surface area contributed by atoms with E-state index in [4.69, 9.17) is 0 Å². The fourth-order valence-corrected chi connectivity index (χ4v) is 5.44. The third-order valence-corrected chi connectivity index (χ3v) is 7.31. The predicted octanol–water partition coefficient (Wildman–Crippen LogP) is 6.52. The Morgan fingerprint density at radius 2 is 1.07 bits per heavy atom. The van der Waals surface area contributed by atoms with E-state index in [1.165, 1.54) is 16.7 Å². The summed E-state index contributed by atoms with van der Waals surface area (Å²) in [5.74, 6) is 7.67. The largest absolute Gasteiger partial charge is 0.140 e. The van der Waals surface area contributed by atoms with Gasteiger partial charge in [0.25, 0.3) is 0 Å². The lowest BCUT2D eigenvalue weighted by molar-refractivity contribution is 0.413. The van der Waals surface area contributed by atoms with E-state index in [-0.39, 0.29) is 10.2 Å². The molecule has 0 spiro atoms. The van der Waals surface area contributed by atoms with Gasteiger partial charge in [0, 0.05) is 18.6 Å². The minimum atomic E-state index is -0.227. The normalized spacial score (nSPS) is 15.1. The van der Waals surface area contributed by atoms with Crippen molar-refractivity contribution in [2.24, 2.45) is 5.41 Å². The Hall–Kier alpha value is -2.43. The van der Waals surface area contributed by atoms with Crippen LogP contribution in [0.15, 0.2) is 91.0 Å². The Balaban J connectivity index is 1.86. The molecule has 1 aliphatic carbocycles. The van der Waals surface area contributed by atoms with Gasteiger partial charge in [-0.25, -0.2) is 0 Å². The van der Waals surface area contributed by atoms with E-state index in [0.717, 1.165) is 18.6 Å². The van der Waals surface area contributed by atoms with Gasteiger partial charge in [-0.15, -0.1) is 23.6 Å². The van der Waals surface area contributed by atoms with Crippen molar-refractivity contribution in [3.8, 4) is 11.8 Å². The maximum Gasteiger partial charge on any atom is 0.0907 e. The second kappa shape index (κ2) is 7.67. The topological polar surface area (TPSA) is 0 Å². The van der Waals surface area contributed by atoms with Crippen molar-refractivity contribution in [1.29, 1.82) is 0 Å². The van der Waals surface area contributed by atoms with Crippen LogP contribution in [0, 0.1) is 17.3 Å². The average Bonchev–Trinajstić information content (AvgIpc) is 3.18. The summed E-state index contributed by atoms with van der Waals surface area (Å²) >= 11 is 2.04. The van der Waals surface area contributed by atoms with E-state index in [0.29, 0.717) is 0 Å². The highest BCUT2D eigenvalue weighted by Gasteiger charge is 2.39. The highest BCUT2D eigenvalue weighted by atomic mass is 32.2. The average molecular weight is 369 g/mol. The Labute approximate surface area is 167 Å². The first kappa shape index (κ1) is 18.0. The maximum absolute atomic E-state index is 3.31. The summed E-state index contributed by atoms with van der Waals surface area (Å²) in [4.78, 5) is 0. The SMILES string of the molecule is CC1(CSC(c2ccccc2)(c2ccccc2)c2ccccc2)CC#CC1. The zero-order valence-corrected chi connectivity index (χ0v) is 16.5. The molecule has 0 saturated carbocycles. The van der Waals surface area contributed by atoms with Crippen LogP contribution in [0.3, 0.4) is 0 Å². The van der Waals surface area contributed by atoms with Crippen molar-refractivity contribution in [3.05, 3.63) is 108 Å². The molecule has 1 heteroatoms. The van der Waals surface area contributed by atoms with Gasteiger partial charge < -0.3 is 0 Å². The lowest BCUT2D eigenvalue weighted by Crippen LogP contribution is -2.29. The van der Waals surface area contributed by atoms with Crippen LogP contribution in [-0.2, 0) is 4.75 Å². The molecule has 0 aromatic heterocycles. The number of thioether (sulfide) groups is 1. The summed E-state index contributed by atoms with van der Waals surface area (Å²) in [6.45, 7) is 2.36. The molecule has 0 bridgehead atoms. The summed E-state index contributed by atoms with van der Waals surface area (Å²) in [6.07, 6.45) is 1.99. The van der Waals surface area contributed by atoms with Crippen molar-refractivity contribution in [2.45, 2.75) is 24.5 Å². The van der Waals surface area contributed by atoms with E-state index in [1.54, 1.807) is 0 Å². The summed E-state index contributed by atoms with van der Waals surface area (Å²) in [6, 6.07) is 32.8. The smallest absolute Gasteiger partial charge is 0.0907 e. The molecule has 0 aliphatic heterocycles. The third-order valence-electron chi connectivity index (χ3n) is 5.33. The Morgan fingerprint density at radius 3 is 1.44 bits per heavy atom. The summed E-state index contributed by atoms with van der Waals surface area (Å²) in [5.41, 5.74) is 4.22. The van der Waals surface area contributed by atoms with Gasteiger partial charge in [-0.3, -0.25) is 0 Å². The van der Waals surface area contributed by atoms with Crippen LogP contribution in [-0.4, -0.2) is 5.75 Å². The van der Waals surface area contributed by atoms with Crippen LogP contribution >= 0.6 is 11.8 Å². The molecule has 3 aromatic rings. The second-order valence-corrected chi connectivity index (χ2v) is 8.78. The molecule has 0 nitrogen and oxygen atoms in total. The molecule has 0 heterocycles. The molecule has 0 fully saturated rings. The summed E-state index contributed by atoms with van der Waals surface area (Å²) < 4.78 is -0.227.